The molecule has 0 bridgehead atoms. The first-order valence-corrected chi connectivity index (χ1v) is 25.5. The summed E-state index contributed by atoms with van der Waals surface area (Å²) in [6.45, 7) is 0. The molecule has 1 heterocycles. The Hall–Kier alpha value is -8.78. The van der Waals surface area contributed by atoms with E-state index in [1.165, 1.54) is 111 Å². The van der Waals surface area contributed by atoms with Gasteiger partial charge in [-0.2, -0.15) is 0 Å². The van der Waals surface area contributed by atoms with Gasteiger partial charge in [0.2, 0.25) is 0 Å². The van der Waals surface area contributed by atoms with Crippen LogP contribution >= 0.6 is 0 Å². The number of rotatable bonds is 6. The quantitative estimate of drug-likeness (QED) is 0.152. The van der Waals surface area contributed by atoms with Crippen molar-refractivity contribution < 1.29 is 4.42 Å². The topological polar surface area (TPSA) is 13.1 Å². The zero-order chi connectivity index (χ0) is 47.3. The fraction of sp³-hybridized carbons (Fsp3) is 0.0704. The molecule has 3 aliphatic carbocycles. The summed E-state index contributed by atoms with van der Waals surface area (Å²) in [4.78, 5) is 0. The second-order valence-electron chi connectivity index (χ2n) is 20.1. The molecular formula is C71H48O. The molecular weight excluding hydrogens is 869 g/mol. The molecule has 15 rings (SSSR count). The van der Waals surface area contributed by atoms with Crippen molar-refractivity contribution in [2.24, 2.45) is 0 Å². The molecule has 0 saturated carbocycles. The molecule has 1 heteroatoms. The largest absolute Gasteiger partial charge is 0.456 e. The maximum absolute atomic E-state index is 6.59. The summed E-state index contributed by atoms with van der Waals surface area (Å²) in [5.41, 5.74) is 27.7. The van der Waals surface area contributed by atoms with Gasteiger partial charge in [-0.1, -0.05) is 231 Å². The van der Waals surface area contributed by atoms with E-state index >= 15 is 0 Å². The Balaban J connectivity index is 0.937. The van der Waals surface area contributed by atoms with Crippen molar-refractivity contribution in [2.75, 3.05) is 0 Å². The summed E-state index contributed by atoms with van der Waals surface area (Å²) in [5, 5.41) is 2.29. The van der Waals surface area contributed by atoms with E-state index in [2.05, 4.69) is 255 Å². The number of aryl methyl sites for hydroxylation is 1. The Labute approximate surface area is 420 Å². The molecule has 1 nitrogen and oxygen atoms in total. The molecule has 3 aliphatic rings. The number of hydrogen-bond donors (Lipinski definition) is 0. The van der Waals surface area contributed by atoms with Crippen LogP contribution in [-0.2, 0) is 11.8 Å². The zero-order valence-corrected chi connectivity index (χ0v) is 39.7. The minimum atomic E-state index is -0.457. The summed E-state index contributed by atoms with van der Waals surface area (Å²) in [5.74, 6) is 0.0968. The number of benzene rings is 11. The van der Waals surface area contributed by atoms with Crippen LogP contribution in [0.2, 0.25) is 0 Å². The summed E-state index contributed by atoms with van der Waals surface area (Å²) < 4.78 is 6.59. The molecule has 12 aromatic rings. The Morgan fingerprint density at radius 2 is 0.944 bits per heavy atom. The Kier molecular flexibility index (Phi) is 9.20. The monoisotopic (exact) mass is 916 g/mol. The molecule has 1 spiro atoms. The van der Waals surface area contributed by atoms with E-state index in [0.717, 1.165) is 34.8 Å². The number of furan rings is 1. The maximum atomic E-state index is 6.59. The van der Waals surface area contributed by atoms with Gasteiger partial charge in [-0.3, -0.25) is 0 Å². The summed E-state index contributed by atoms with van der Waals surface area (Å²) in [6.07, 6.45) is 1.99. The van der Waals surface area contributed by atoms with Crippen LogP contribution in [-0.4, -0.2) is 0 Å². The molecule has 2 unspecified atom stereocenters. The van der Waals surface area contributed by atoms with Gasteiger partial charge in [0.05, 0.1) is 5.41 Å². The van der Waals surface area contributed by atoms with Gasteiger partial charge in [0.25, 0.3) is 0 Å². The Morgan fingerprint density at radius 3 is 1.78 bits per heavy atom. The van der Waals surface area contributed by atoms with Gasteiger partial charge in [-0.25, -0.2) is 0 Å². The van der Waals surface area contributed by atoms with Crippen molar-refractivity contribution in [3.05, 3.63) is 310 Å². The average molecular weight is 917 g/mol. The summed E-state index contributed by atoms with van der Waals surface area (Å²) in [6, 6.07) is 95.7. The van der Waals surface area contributed by atoms with E-state index in [1.54, 1.807) is 0 Å². The van der Waals surface area contributed by atoms with E-state index < -0.39 is 5.41 Å². The molecule has 3 atom stereocenters. The van der Waals surface area contributed by atoms with Gasteiger partial charge in [-0.05, 0) is 148 Å². The lowest BCUT2D eigenvalue weighted by atomic mass is 9.70. The SMILES string of the molecule is c1ccc(-c2cccc([C@@H](c3ccc4c(c3)-c3ccccc3CCC4c3cccc4c3-c3ccccc3C43c4ccccc4-c4ccc(-c5ccccc5)cc43)c3ccc4c(c3)oc3ccccc34)c2)cc1. The zero-order valence-electron chi connectivity index (χ0n) is 39.7. The van der Waals surface area contributed by atoms with E-state index in [0.29, 0.717) is 0 Å². The third-order valence-corrected chi connectivity index (χ3v) is 16.5. The molecule has 0 fully saturated rings. The molecule has 11 aromatic carbocycles. The smallest absolute Gasteiger partial charge is 0.135 e. The van der Waals surface area contributed by atoms with Crippen molar-refractivity contribution in [1.29, 1.82) is 0 Å². The van der Waals surface area contributed by atoms with Crippen molar-refractivity contribution in [1.82, 2.24) is 0 Å². The van der Waals surface area contributed by atoms with E-state index in [9.17, 15) is 0 Å². The van der Waals surface area contributed by atoms with Crippen LogP contribution in [0.15, 0.2) is 259 Å². The van der Waals surface area contributed by atoms with Crippen LogP contribution in [0.5, 0.6) is 0 Å². The Bertz CT molecular complexity index is 4120. The van der Waals surface area contributed by atoms with Gasteiger partial charge in [0.15, 0.2) is 0 Å². The second-order valence-corrected chi connectivity index (χ2v) is 20.1. The lowest BCUT2D eigenvalue weighted by molar-refractivity contribution is 0.668. The highest BCUT2D eigenvalue weighted by Gasteiger charge is 2.52. The van der Waals surface area contributed by atoms with Crippen molar-refractivity contribution in [2.45, 2.75) is 30.1 Å². The van der Waals surface area contributed by atoms with E-state index in [-0.39, 0.29) is 11.8 Å². The minimum absolute atomic E-state index is 0.0542. The standard InChI is InChI=1S/C71H48O/c1-3-17-45(18-4-1)48-22-15-23-50(41-48)69(52-36-40-59-58-26-11-14-32-67(58)72-68(59)44-52)51-35-38-55-54(37-33-47-21-7-8-24-53(47)62(55)42-51)60-28-16-31-65-70(60)61-27-10-13-30-64(61)71(65)63-29-12-9-25-56(63)57-39-34-49(43-66(57)71)46-19-5-2-6-20-46/h1-32,34-36,38-44,54,69H,33,37H2/t54?,69-,71?/m0/s1. The highest BCUT2D eigenvalue weighted by Crippen LogP contribution is 2.64. The summed E-state index contributed by atoms with van der Waals surface area (Å²) >= 11 is 0. The Morgan fingerprint density at radius 1 is 0.347 bits per heavy atom. The predicted molar refractivity (Wildman–Crippen MR) is 297 cm³/mol. The van der Waals surface area contributed by atoms with Gasteiger partial charge in [0, 0.05) is 22.6 Å². The third kappa shape index (κ3) is 6.07. The van der Waals surface area contributed by atoms with Crippen LogP contribution in [0.1, 0.15) is 73.9 Å². The third-order valence-electron chi connectivity index (χ3n) is 16.5. The molecule has 1 aromatic heterocycles. The van der Waals surface area contributed by atoms with Crippen molar-refractivity contribution in [3.63, 3.8) is 0 Å². The van der Waals surface area contributed by atoms with Gasteiger partial charge < -0.3 is 4.42 Å². The molecule has 0 saturated heterocycles. The predicted octanol–water partition coefficient (Wildman–Crippen LogP) is 18.2. The fourth-order valence-electron chi connectivity index (χ4n) is 13.4. The second kappa shape index (κ2) is 16.1. The highest BCUT2D eigenvalue weighted by molar-refractivity contribution is 6.05. The molecule has 0 amide bonds. The van der Waals surface area contributed by atoms with Gasteiger partial charge >= 0.3 is 0 Å². The molecule has 0 radical (unpaired) electrons. The highest BCUT2D eigenvalue weighted by atomic mass is 16.3. The van der Waals surface area contributed by atoms with Crippen LogP contribution in [0.3, 0.4) is 0 Å². The molecule has 0 N–H and O–H groups in total. The van der Waals surface area contributed by atoms with E-state index in [4.69, 9.17) is 4.42 Å². The van der Waals surface area contributed by atoms with Crippen molar-refractivity contribution >= 4 is 21.9 Å². The number of fused-ring (bicyclic) bond motifs is 16. The molecule has 338 valence electrons. The first-order chi connectivity index (χ1) is 35.7. The molecule has 72 heavy (non-hydrogen) atoms. The van der Waals surface area contributed by atoms with Crippen LogP contribution < -0.4 is 0 Å². The average Bonchev–Trinajstić information content (AvgIpc) is 4.03. The summed E-state index contributed by atoms with van der Waals surface area (Å²) in [7, 11) is 0. The number of hydrogen-bond acceptors (Lipinski definition) is 1. The van der Waals surface area contributed by atoms with Crippen molar-refractivity contribution in [3.8, 4) is 55.6 Å². The van der Waals surface area contributed by atoms with Gasteiger partial charge in [-0.15, -0.1) is 0 Å². The lowest BCUT2D eigenvalue weighted by Gasteiger charge is -2.31. The first kappa shape index (κ1) is 41.0. The minimum Gasteiger partial charge on any atom is -0.456 e. The normalized spacial score (nSPS) is 16.4. The first-order valence-electron chi connectivity index (χ1n) is 25.5. The van der Waals surface area contributed by atoms with Crippen LogP contribution in [0.25, 0.3) is 77.6 Å². The maximum Gasteiger partial charge on any atom is 0.135 e. The number of para-hydroxylation sites is 1. The lowest BCUT2D eigenvalue weighted by Crippen LogP contribution is -2.26. The van der Waals surface area contributed by atoms with Crippen LogP contribution in [0.4, 0.5) is 0 Å². The van der Waals surface area contributed by atoms with Gasteiger partial charge in [0.1, 0.15) is 11.2 Å². The van der Waals surface area contributed by atoms with Crippen LogP contribution in [0, 0.1) is 0 Å². The van der Waals surface area contributed by atoms with E-state index in [1.807, 2.05) is 0 Å². The molecule has 0 aliphatic heterocycles. The fourth-order valence-corrected chi connectivity index (χ4v) is 13.4.